The van der Waals surface area contributed by atoms with Crippen LogP contribution in [0.3, 0.4) is 0 Å². The topological polar surface area (TPSA) is 26.0 Å². The van der Waals surface area contributed by atoms with Crippen molar-refractivity contribution in [1.82, 2.24) is 0 Å². The number of hydrogen-bond donors (Lipinski definition) is 1. The van der Waals surface area contributed by atoms with Crippen LogP contribution in [-0.2, 0) is 0 Å². The van der Waals surface area contributed by atoms with Gasteiger partial charge in [-0.25, -0.2) is 0 Å². The predicted molar refractivity (Wildman–Crippen MR) is 82.7 cm³/mol. The summed E-state index contributed by atoms with van der Waals surface area (Å²) in [5.41, 5.74) is 0. The van der Waals surface area contributed by atoms with Gasteiger partial charge in [-0.3, -0.25) is 0 Å². The minimum atomic E-state index is -1.40. The lowest BCUT2D eigenvalue weighted by atomic mass is 9.84. The van der Waals surface area contributed by atoms with Crippen LogP contribution in [0.4, 0.5) is 0 Å². The summed E-state index contributed by atoms with van der Waals surface area (Å²) in [6, 6.07) is 3.99. The van der Waals surface area contributed by atoms with E-state index in [2.05, 4.69) is 41.5 Å². The number of rotatable bonds is 9. The van der Waals surface area contributed by atoms with Crippen LogP contribution in [-0.4, -0.2) is 8.24 Å². The highest BCUT2D eigenvalue weighted by atomic mass is 28.3. The maximum Gasteiger partial charge on any atom is 0.123 e. The molecule has 0 heterocycles. The van der Waals surface area contributed by atoms with E-state index in [1.54, 1.807) is 0 Å². The van der Waals surface area contributed by atoms with Crippen LogP contribution < -0.4 is 5.40 Å². The molecule has 0 aromatic heterocycles. The summed E-state index contributed by atoms with van der Waals surface area (Å²) in [5, 5.41) is 6.71. The molecule has 0 amide bonds. The molecule has 0 aromatic rings. The quantitative estimate of drug-likeness (QED) is 0.576. The van der Waals surface area contributed by atoms with E-state index in [1.165, 1.54) is 37.4 Å². The molecule has 1 nitrogen and oxygen atoms in total. The number of hydrogen-bond acceptors (Lipinski definition) is 1. The van der Waals surface area contributed by atoms with Crippen molar-refractivity contribution in [2.75, 3.05) is 0 Å². The van der Waals surface area contributed by atoms with E-state index < -0.39 is 8.24 Å². The summed E-state index contributed by atoms with van der Waals surface area (Å²) in [4.78, 5) is 0. The molecular weight excluding hydrogens is 222 g/mol. The first-order valence-corrected chi connectivity index (χ1v) is 10.3. The van der Waals surface area contributed by atoms with Gasteiger partial charge in [0.15, 0.2) is 0 Å². The summed E-state index contributed by atoms with van der Waals surface area (Å²) in [6.07, 6.45) is 3.91. The molecule has 17 heavy (non-hydrogen) atoms. The normalized spacial score (nSPS) is 13.1. The Bertz CT molecular complexity index is 175. The van der Waals surface area contributed by atoms with E-state index in [9.17, 15) is 0 Å². The molecule has 0 fully saturated rings. The van der Waals surface area contributed by atoms with Gasteiger partial charge in [-0.05, 0) is 35.9 Å². The minimum absolute atomic E-state index is 0.802. The highest BCUT2D eigenvalue weighted by Crippen LogP contribution is 2.30. The second-order valence-electron chi connectivity index (χ2n) is 6.55. The Kier molecular flexibility index (Phi) is 8.40. The zero-order valence-electron chi connectivity index (χ0n) is 13.1. The Morgan fingerprint density at radius 3 is 1.53 bits per heavy atom. The summed E-state index contributed by atoms with van der Waals surface area (Å²) in [7, 11) is -1.40. The van der Waals surface area contributed by atoms with Crippen molar-refractivity contribution >= 4 is 8.24 Å². The van der Waals surface area contributed by atoms with E-state index in [4.69, 9.17) is 5.40 Å². The zero-order valence-corrected chi connectivity index (χ0v) is 14.1. The lowest BCUT2D eigenvalue weighted by molar-refractivity contribution is 0.278. The lowest BCUT2D eigenvalue weighted by Crippen LogP contribution is -2.45. The first kappa shape index (κ1) is 17.2. The van der Waals surface area contributed by atoms with Crippen LogP contribution in [0.25, 0.3) is 0 Å². The Morgan fingerprint density at radius 1 is 0.824 bits per heavy atom. The van der Waals surface area contributed by atoms with Gasteiger partial charge in [-0.15, -0.1) is 0 Å². The smallest absolute Gasteiger partial charge is 0.123 e. The molecule has 0 aliphatic carbocycles. The third kappa shape index (κ3) is 6.61. The van der Waals surface area contributed by atoms with Crippen LogP contribution in [0.15, 0.2) is 0 Å². The zero-order chi connectivity index (χ0) is 13.5. The molecule has 0 atom stereocenters. The lowest BCUT2D eigenvalue weighted by Gasteiger charge is -2.31. The SMILES string of the molecule is CCC[Si](N)(CCC)CCC(C(C)C)C(C)C. The van der Waals surface area contributed by atoms with Gasteiger partial charge in [0.2, 0.25) is 0 Å². The summed E-state index contributed by atoms with van der Waals surface area (Å²) in [5.74, 6) is 2.46. The standard InChI is InChI=1S/C15H35NSi/c1-7-10-17(16,11-8-2)12-9-15(13(3)4)14(5)6/h13-15H,7-12,16H2,1-6H3. The molecule has 2 N–H and O–H groups in total. The second kappa shape index (κ2) is 8.31. The predicted octanol–water partition coefficient (Wildman–Crippen LogP) is 5.03. The van der Waals surface area contributed by atoms with Gasteiger partial charge < -0.3 is 5.40 Å². The molecule has 0 radical (unpaired) electrons. The first-order chi connectivity index (χ1) is 7.86. The summed E-state index contributed by atoms with van der Waals surface area (Å²) < 4.78 is 0. The second-order valence-corrected chi connectivity index (χ2v) is 10.8. The van der Waals surface area contributed by atoms with Gasteiger partial charge in [0.1, 0.15) is 8.24 Å². The molecule has 0 bridgehead atoms. The fourth-order valence-corrected chi connectivity index (χ4v) is 6.91. The van der Waals surface area contributed by atoms with E-state index in [0.29, 0.717) is 0 Å². The molecule has 0 saturated carbocycles. The molecule has 0 aliphatic heterocycles. The third-order valence-corrected chi connectivity index (χ3v) is 8.46. The van der Waals surface area contributed by atoms with Gasteiger partial charge in [0.05, 0.1) is 0 Å². The molecule has 104 valence electrons. The van der Waals surface area contributed by atoms with Crippen molar-refractivity contribution in [2.24, 2.45) is 23.2 Å². The van der Waals surface area contributed by atoms with E-state index >= 15 is 0 Å². The van der Waals surface area contributed by atoms with Crippen LogP contribution in [0.5, 0.6) is 0 Å². The van der Waals surface area contributed by atoms with Crippen molar-refractivity contribution < 1.29 is 0 Å². The Hall–Kier alpha value is 0.177. The molecule has 0 aliphatic rings. The minimum Gasteiger partial charge on any atom is -0.351 e. The molecular formula is C15H35NSi. The van der Waals surface area contributed by atoms with Gasteiger partial charge in [-0.2, -0.15) is 0 Å². The van der Waals surface area contributed by atoms with Crippen molar-refractivity contribution in [1.29, 1.82) is 0 Å². The van der Waals surface area contributed by atoms with Crippen LogP contribution in [0.1, 0.15) is 60.8 Å². The molecule has 2 heteroatoms. The van der Waals surface area contributed by atoms with Crippen molar-refractivity contribution in [3.8, 4) is 0 Å². The van der Waals surface area contributed by atoms with Crippen molar-refractivity contribution in [3.63, 3.8) is 0 Å². The first-order valence-electron chi connectivity index (χ1n) is 7.65. The fraction of sp³-hybridized carbons (Fsp3) is 1.00. The van der Waals surface area contributed by atoms with Crippen molar-refractivity contribution in [3.05, 3.63) is 0 Å². The van der Waals surface area contributed by atoms with E-state index in [1.807, 2.05) is 0 Å². The Morgan fingerprint density at radius 2 is 1.24 bits per heavy atom. The highest BCUT2D eigenvalue weighted by molar-refractivity contribution is 6.76. The molecule has 0 rings (SSSR count). The van der Waals surface area contributed by atoms with Crippen LogP contribution in [0, 0.1) is 17.8 Å². The maximum absolute atomic E-state index is 6.71. The number of nitrogens with two attached hydrogens (primary N) is 1. The van der Waals surface area contributed by atoms with Crippen LogP contribution in [0.2, 0.25) is 18.1 Å². The molecule has 0 saturated heterocycles. The maximum atomic E-state index is 6.71. The third-order valence-electron chi connectivity index (χ3n) is 4.18. The van der Waals surface area contributed by atoms with Crippen molar-refractivity contribution in [2.45, 2.75) is 78.9 Å². The average molecular weight is 258 g/mol. The van der Waals surface area contributed by atoms with Gasteiger partial charge in [0, 0.05) is 0 Å². The summed E-state index contributed by atoms with van der Waals surface area (Å²) >= 11 is 0. The van der Waals surface area contributed by atoms with Gasteiger partial charge in [0.25, 0.3) is 0 Å². The molecule has 0 aromatic carbocycles. The monoisotopic (exact) mass is 257 g/mol. The Labute approximate surface area is 111 Å². The van der Waals surface area contributed by atoms with Crippen LogP contribution >= 0.6 is 0 Å². The van der Waals surface area contributed by atoms with E-state index in [-0.39, 0.29) is 0 Å². The largest absolute Gasteiger partial charge is 0.351 e. The average Bonchev–Trinajstić information content (AvgIpc) is 2.17. The molecule has 0 spiro atoms. The highest BCUT2D eigenvalue weighted by Gasteiger charge is 2.28. The Balaban J connectivity index is 4.36. The van der Waals surface area contributed by atoms with E-state index in [0.717, 1.165) is 17.8 Å². The van der Waals surface area contributed by atoms with Gasteiger partial charge in [-0.1, -0.05) is 60.8 Å². The summed E-state index contributed by atoms with van der Waals surface area (Å²) in [6.45, 7) is 14.0. The molecule has 0 unspecified atom stereocenters. The van der Waals surface area contributed by atoms with Gasteiger partial charge >= 0.3 is 0 Å². The fourth-order valence-electron chi connectivity index (χ4n) is 3.26.